The number of pyridine rings is 1. The quantitative estimate of drug-likeness (QED) is 0.225. The molecule has 2 aromatic carbocycles. The van der Waals surface area contributed by atoms with Gasteiger partial charge in [0.25, 0.3) is 0 Å². The van der Waals surface area contributed by atoms with Gasteiger partial charge in [0.1, 0.15) is 23.3 Å². The molecule has 10 nitrogen and oxygen atoms in total. The molecule has 12 heteroatoms. The maximum absolute atomic E-state index is 11.8. The molecule has 0 amide bonds. The second kappa shape index (κ2) is 11.0. The number of benzene rings is 2. The second-order valence-corrected chi connectivity index (χ2v) is 11.2. The molecule has 4 aromatic rings. The van der Waals surface area contributed by atoms with Crippen LogP contribution in [-0.4, -0.2) is 45.0 Å². The molecule has 2 atom stereocenters. The maximum Gasteiger partial charge on any atom is 0.337 e. The van der Waals surface area contributed by atoms with Crippen LogP contribution in [0.15, 0.2) is 83.4 Å². The maximum atomic E-state index is 11.8. The molecule has 2 N–H and O–H groups in total. The summed E-state index contributed by atoms with van der Waals surface area (Å²) in [6, 6.07) is 20.6. The summed E-state index contributed by atoms with van der Waals surface area (Å²) in [5.41, 5.74) is 2.95. The van der Waals surface area contributed by atoms with Gasteiger partial charge in [-0.1, -0.05) is 18.2 Å². The average molecular weight is 579 g/mol. The normalized spacial score (nSPS) is 16.9. The zero-order valence-corrected chi connectivity index (χ0v) is 23.5. The van der Waals surface area contributed by atoms with E-state index >= 15 is 0 Å². The second-order valence-electron chi connectivity index (χ2n) is 9.03. The highest BCUT2D eigenvalue weighted by atomic mass is 32.2. The molecule has 1 aliphatic heterocycles. The van der Waals surface area contributed by atoms with Crippen LogP contribution in [0.1, 0.15) is 33.9 Å². The Morgan fingerprint density at radius 3 is 2.50 bits per heavy atom. The number of thiocarbonyl (C=S) groups is 1. The molecule has 3 heterocycles. The fourth-order valence-electron chi connectivity index (χ4n) is 4.59. The van der Waals surface area contributed by atoms with E-state index in [1.54, 1.807) is 48.7 Å². The molecular weight excluding hydrogens is 552 g/mol. The van der Waals surface area contributed by atoms with Gasteiger partial charge >= 0.3 is 5.97 Å². The first-order chi connectivity index (χ1) is 19.2. The average Bonchev–Trinajstić information content (AvgIpc) is 3.57. The number of methoxy groups -OCH3 is 2. The Bertz CT molecular complexity index is 1660. The summed E-state index contributed by atoms with van der Waals surface area (Å²) in [5.74, 6) is 1.14. The van der Waals surface area contributed by atoms with Gasteiger partial charge < -0.3 is 24.1 Å². The molecule has 0 aliphatic carbocycles. The van der Waals surface area contributed by atoms with E-state index in [1.807, 2.05) is 35.2 Å². The topological polar surface area (TPSA) is 123 Å². The zero-order chi connectivity index (χ0) is 28.4. The number of carbonyl (C=O) groups is 1. The van der Waals surface area contributed by atoms with Gasteiger partial charge in [0.15, 0.2) is 5.11 Å². The number of nitrogens with zero attached hydrogens (tertiary/aromatic N) is 2. The lowest BCUT2D eigenvalue weighted by molar-refractivity contribution is 0.0600. The Balaban J connectivity index is 1.56. The predicted octanol–water partition coefficient (Wildman–Crippen LogP) is 4.69. The molecule has 1 fully saturated rings. The molecule has 40 heavy (non-hydrogen) atoms. The summed E-state index contributed by atoms with van der Waals surface area (Å²) in [4.78, 5) is 18.3. The van der Waals surface area contributed by atoms with E-state index in [0.29, 0.717) is 39.3 Å². The van der Waals surface area contributed by atoms with Crippen LogP contribution in [0.25, 0.3) is 11.3 Å². The Labute approximate surface area is 237 Å². The van der Waals surface area contributed by atoms with Crippen LogP contribution >= 0.6 is 12.2 Å². The summed E-state index contributed by atoms with van der Waals surface area (Å²) in [6.45, 7) is 0. The SMILES string of the molecule is COC(=O)c1ccc(-c2ccc([C@H]3[C@@H](c4ccccn4)NC(=S)N3c3ccc(NS(C)(=O)=O)c(OC)c3)o2)cc1. The van der Waals surface area contributed by atoms with E-state index < -0.39 is 22.0 Å². The van der Waals surface area contributed by atoms with Gasteiger partial charge in [-0.3, -0.25) is 9.71 Å². The fraction of sp³-hybridized carbons (Fsp3) is 0.179. The summed E-state index contributed by atoms with van der Waals surface area (Å²) in [7, 11) is -0.713. The summed E-state index contributed by atoms with van der Waals surface area (Å²) < 4.78 is 42.8. The number of sulfonamides is 1. The minimum atomic E-state index is -3.51. The van der Waals surface area contributed by atoms with E-state index in [-0.39, 0.29) is 6.04 Å². The first kappa shape index (κ1) is 27.2. The van der Waals surface area contributed by atoms with Crippen LogP contribution < -0.4 is 19.7 Å². The van der Waals surface area contributed by atoms with Crippen LogP contribution in [0.5, 0.6) is 5.75 Å². The number of rotatable bonds is 8. The van der Waals surface area contributed by atoms with Gasteiger partial charge in [-0.25, -0.2) is 13.2 Å². The van der Waals surface area contributed by atoms with Crippen LogP contribution in [0.3, 0.4) is 0 Å². The molecule has 0 spiro atoms. The van der Waals surface area contributed by atoms with Crippen LogP contribution in [0.4, 0.5) is 11.4 Å². The number of ether oxygens (including phenoxy) is 2. The minimum Gasteiger partial charge on any atom is -0.494 e. The highest BCUT2D eigenvalue weighted by Gasteiger charge is 2.43. The van der Waals surface area contributed by atoms with Crippen molar-refractivity contribution in [3.8, 4) is 17.1 Å². The molecule has 1 saturated heterocycles. The Morgan fingerprint density at radius 1 is 1.07 bits per heavy atom. The third kappa shape index (κ3) is 5.49. The lowest BCUT2D eigenvalue weighted by atomic mass is 10.0. The third-order valence-electron chi connectivity index (χ3n) is 6.37. The van der Waals surface area contributed by atoms with Crippen LogP contribution in [0.2, 0.25) is 0 Å². The number of esters is 1. The number of aromatic nitrogens is 1. The van der Waals surface area contributed by atoms with Gasteiger partial charge in [0.2, 0.25) is 10.0 Å². The summed E-state index contributed by atoms with van der Waals surface area (Å²) in [6.07, 6.45) is 2.79. The number of nitrogens with one attached hydrogen (secondary N) is 2. The largest absolute Gasteiger partial charge is 0.494 e. The van der Waals surface area contributed by atoms with Crippen molar-refractivity contribution >= 4 is 44.7 Å². The zero-order valence-electron chi connectivity index (χ0n) is 21.8. The minimum absolute atomic E-state index is 0.306. The Kier molecular flexibility index (Phi) is 7.46. The van der Waals surface area contributed by atoms with Gasteiger partial charge in [-0.15, -0.1) is 0 Å². The highest BCUT2D eigenvalue weighted by Crippen LogP contribution is 2.44. The number of hydrogen-bond acceptors (Lipinski definition) is 8. The van der Waals surface area contributed by atoms with E-state index in [9.17, 15) is 13.2 Å². The van der Waals surface area contributed by atoms with Crippen molar-refractivity contribution in [3.05, 3.63) is 96.0 Å². The van der Waals surface area contributed by atoms with Crippen molar-refractivity contribution in [1.82, 2.24) is 10.3 Å². The number of hydrogen-bond donors (Lipinski definition) is 2. The van der Waals surface area contributed by atoms with E-state index in [2.05, 4.69) is 15.0 Å². The van der Waals surface area contributed by atoms with E-state index in [4.69, 9.17) is 26.1 Å². The lowest BCUT2D eigenvalue weighted by Crippen LogP contribution is -2.29. The molecule has 0 saturated carbocycles. The number of carbonyl (C=O) groups excluding carboxylic acids is 1. The smallest absolute Gasteiger partial charge is 0.337 e. The van der Waals surface area contributed by atoms with Gasteiger partial charge in [-0.2, -0.15) is 0 Å². The highest BCUT2D eigenvalue weighted by molar-refractivity contribution is 7.92. The first-order valence-electron chi connectivity index (χ1n) is 12.1. The van der Waals surface area contributed by atoms with Gasteiger partial charge in [0.05, 0.1) is 43.5 Å². The van der Waals surface area contributed by atoms with Crippen molar-refractivity contribution in [2.24, 2.45) is 0 Å². The molecule has 5 rings (SSSR count). The van der Waals surface area contributed by atoms with Crippen molar-refractivity contribution in [1.29, 1.82) is 0 Å². The standard InChI is InChI=1S/C28H26N4O6S2/c1-36-24-16-19(11-12-20(24)31-40(3,34)35)32-26(25(30-28(32)39)21-6-4-5-15-29-21)23-14-13-22(38-23)17-7-9-18(10-8-17)27(33)37-2/h4-16,25-26,31H,1-3H3,(H,30,39)/t25-,26+/m1/s1. The van der Waals surface area contributed by atoms with Crippen molar-refractivity contribution < 1.29 is 27.1 Å². The molecular formula is C28H26N4O6S2. The molecule has 2 aromatic heterocycles. The molecule has 0 unspecified atom stereocenters. The van der Waals surface area contributed by atoms with E-state index in [1.165, 1.54) is 14.2 Å². The van der Waals surface area contributed by atoms with Crippen LogP contribution in [-0.2, 0) is 14.8 Å². The Morgan fingerprint density at radius 2 is 1.85 bits per heavy atom. The summed E-state index contributed by atoms with van der Waals surface area (Å²) in [5, 5.41) is 3.80. The van der Waals surface area contributed by atoms with Crippen LogP contribution in [0, 0.1) is 0 Å². The van der Waals surface area contributed by atoms with Crippen molar-refractivity contribution in [2.75, 3.05) is 30.1 Å². The van der Waals surface area contributed by atoms with Crippen molar-refractivity contribution in [3.63, 3.8) is 0 Å². The summed E-state index contributed by atoms with van der Waals surface area (Å²) >= 11 is 5.78. The monoisotopic (exact) mass is 578 g/mol. The van der Waals surface area contributed by atoms with Crippen molar-refractivity contribution in [2.45, 2.75) is 12.1 Å². The molecule has 0 radical (unpaired) electrons. The third-order valence-corrected chi connectivity index (χ3v) is 7.27. The molecule has 206 valence electrons. The fourth-order valence-corrected chi connectivity index (χ4v) is 5.51. The van der Waals surface area contributed by atoms with Gasteiger partial charge in [0, 0.05) is 23.5 Å². The predicted molar refractivity (Wildman–Crippen MR) is 155 cm³/mol. The number of anilines is 2. The first-order valence-corrected chi connectivity index (χ1v) is 14.4. The van der Waals surface area contributed by atoms with Gasteiger partial charge in [-0.05, 0) is 60.7 Å². The molecule has 1 aliphatic rings. The number of furan rings is 1. The van der Waals surface area contributed by atoms with E-state index in [0.717, 1.165) is 17.5 Å². The Hall–Kier alpha value is -4.42. The lowest BCUT2D eigenvalue weighted by Gasteiger charge is -2.27. The molecule has 0 bridgehead atoms.